The molecule has 96 valence electrons. The van der Waals surface area contributed by atoms with Gasteiger partial charge in [-0.05, 0) is 65.3 Å². The van der Waals surface area contributed by atoms with Crippen LogP contribution in [0.15, 0.2) is 39.4 Å². The molecule has 1 aromatic carbocycles. The molecule has 0 spiro atoms. The zero-order valence-electron chi connectivity index (χ0n) is 10.7. The molecular formula is C14H16BrNO2. The number of ether oxygens (including phenoxy) is 1. The van der Waals surface area contributed by atoms with Gasteiger partial charge < -0.3 is 14.5 Å². The van der Waals surface area contributed by atoms with Gasteiger partial charge in [0.15, 0.2) is 4.67 Å². The van der Waals surface area contributed by atoms with Crippen LogP contribution in [-0.4, -0.2) is 14.2 Å². The molecule has 0 radical (unpaired) electrons. The second-order valence-corrected chi connectivity index (χ2v) is 4.87. The second-order valence-electron chi connectivity index (χ2n) is 4.09. The van der Waals surface area contributed by atoms with Crippen molar-refractivity contribution in [3.8, 4) is 5.75 Å². The van der Waals surface area contributed by atoms with Gasteiger partial charge in [-0.25, -0.2) is 0 Å². The molecule has 0 aliphatic carbocycles. The van der Waals surface area contributed by atoms with E-state index in [1.54, 1.807) is 7.11 Å². The van der Waals surface area contributed by atoms with Crippen molar-refractivity contribution in [2.45, 2.75) is 13.0 Å². The third kappa shape index (κ3) is 2.60. The van der Waals surface area contributed by atoms with E-state index in [1.807, 2.05) is 31.3 Å². The summed E-state index contributed by atoms with van der Waals surface area (Å²) < 4.78 is 11.6. The lowest BCUT2D eigenvalue weighted by atomic mass is 9.99. The Balaban J connectivity index is 2.39. The van der Waals surface area contributed by atoms with Gasteiger partial charge in [0.2, 0.25) is 0 Å². The maximum atomic E-state index is 5.63. The molecule has 4 heteroatoms. The number of aryl methyl sites for hydroxylation is 1. The smallest absolute Gasteiger partial charge is 0.169 e. The van der Waals surface area contributed by atoms with E-state index in [2.05, 4.69) is 34.2 Å². The van der Waals surface area contributed by atoms with E-state index in [0.717, 1.165) is 16.2 Å². The van der Waals surface area contributed by atoms with Crippen LogP contribution in [0.4, 0.5) is 0 Å². The predicted molar refractivity (Wildman–Crippen MR) is 75.0 cm³/mol. The Kier molecular flexibility index (Phi) is 4.09. The van der Waals surface area contributed by atoms with Gasteiger partial charge in [0.1, 0.15) is 11.5 Å². The third-order valence-corrected chi connectivity index (χ3v) is 3.38. The highest BCUT2D eigenvalue weighted by atomic mass is 79.9. The van der Waals surface area contributed by atoms with Crippen LogP contribution in [0.3, 0.4) is 0 Å². The van der Waals surface area contributed by atoms with Gasteiger partial charge in [0, 0.05) is 0 Å². The predicted octanol–water partition coefficient (Wildman–Crippen LogP) is 3.67. The standard InChI is InChI=1S/C14H16BrNO2/c1-9-8-10(17-3)4-5-11(9)14(16-2)12-6-7-13(15)18-12/h4-8,14,16H,1-3H3. The number of hydrogen-bond donors (Lipinski definition) is 1. The van der Waals surface area contributed by atoms with Crippen LogP contribution in [0.25, 0.3) is 0 Å². The molecule has 0 fully saturated rings. The van der Waals surface area contributed by atoms with Gasteiger partial charge in [0.05, 0.1) is 13.2 Å². The fraction of sp³-hybridized carbons (Fsp3) is 0.286. The van der Waals surface area contributed by atoms with E-state index < -0.39 is 0 Å². The van der Waals surface area contributed by atoms with Gasteiger partial charge in [-0.2, -0.15) is 0 Å². The van der Waals surface area contributed by atoms with Crippen molar-refractivity contribution in [2.24, 2.45) is 0 Å². The van der Waals surface area contributed by atoms with Crippen LogP contribution in [0.1, 0.15) is 22.9 Å². The average Bonchev–Trinajstić information content (AvgIpc) is 2.78. The largest absolute Gasteiger partial charge is 0.497 e. The van der Waals surface area contributed by atoms with Crippen LogP contribution in [0, 0.1) is 6.92 Å². The number of hydrogen-bond acceptors (Lipinski definition) is 3. The molecule has 1 unspecified atom stereocenters. The topological polar surface area (TPSA) is 34.4 Å². The molecular weight excluding hydrogens is 294 g/mol. The van der Waals surface area contributed by atoms with Crippen molar-refractivity contribution in [3.63, 3.8) is 0 Å². The third-order valence-electron chi connectivity index (χ3n) is 2.96. The van der Waals surface area contributed by atoms with E-state index in [4.69, 9.17) is 9.15 Å². The van der Waals surface area contributed by atoms with E-state index in [9.17, 15) is 0 Å². The summed E-state index contributed by atoms with van der Waals surface area (Å²) in [5, 5.41) is 3.27. The Bertz CT molecular complexity index is 536. The van der Waals surface area contributed by atoms with Gasteiger partial charge in [-0.1, -0.05) is 6.07 Å². The lowest BCUT2D eigenvalue weighted by molar-refractivity contribution is 0.413. The fourth-order valence-corrected chi connectivity index (χ4v) is 2.35. The second kappa shape index (κ2) is 5.59. The van der Waals surface area contributed by atoms with Crippen LogP contribution in [-0.2, 0) is 0 Å². The Morgan fingerprint density at radius 1 is 1.28 bits per heavy atom. The van der Waals surface area contributed by atoms with E-state index >= 15 is 0 Å². The zero-order valence-corrected chi connectivity index (χ0v) is 12.2. The summed E-state index contributed by atoms with van der Waals surface area (Å²) in [5.74, 6) is 1.75. The maximum Gasteiger partial charge on any atom is 0.169 e. The van der Waals surface area contributed by atoms with Crippen LogP contribution in [0.5, 0.6) is 5.75 Å². The molecule has 0 saturated heterocycles. The van der Waals surface area contributed by atoms with Gasteiger partial charge in [0.25, 0.3) is 0 Å². The van der Waals surface area contributed by atoms with Gasteiger partial charge in [-0.3, -0.25) is 0 Å². The summed E-state index contributed by atoms with van der Waals surface area (Å²) in [5.41, 5.74) is 2.35. The quantitative estimate of drug-likeness (QED) is 0.935. The summed E-state index contributed by atoms with van der Waals surface area (Å²) in [6, 6.07) is 9.96. The van der Waals surface area contributed by atoms with Gasteiger partial charge >= 0.3 is 0 Å². The minimum Gasteiger partial charge on any atom is -0.497 e. The number of furan rings is 1. The molecule has 0 saturated carbocycles. The van der Waals surface area contributed by atoms with Crippen molar-refractivity contribution in [3.05, 3.63) is 51.9 Å². The number of benzene rings is 1. The van der Waals surface area contributed by atoms with E-state index in [1.165, 1.54) is 11.1 Å². The number of rotatable bonds is 4. The first-order valence-corrected chi connectivity index (χ1v) is 6.52. The molecule has 3 nitrogen and oxygen atoms in total. The molecule has 1 heterocycles. The molecule has 1 atom stereocenters. The lowest BCUT2D eigenvalue weighted by Gasteiger charge is -2.17. The highest BCUT2D eigenvalue weighted by molar-refractivity contribution is 9.10. The average molecular weight is 310 g/mol. The number of methoxy groups -OCH3 is 1. The van der Waals surface area contributed by atoms with Crippen LogP contribution >= 0.6 is 15.9 Å². The molecule has 2 rings (SSSR count). The Morgan fingerprint density at radius 2 is 2.06 bits per heavy atom. The Labute approximate surface area is 115 Å². The summed E-state index contributed by atoms with van der Waals surface area (Å²) in [4.78, 5) is 0. The fourth-order valence-electron chi connectivity index (χ4n) is 2.03. The maximum absolute atomic E-state index is 5.63. The Hall–Kier alpha value is -1.26. The lowest BCUT2D eigenvalue weighted by Crippen LogP contribution is -2.18. The monoisotopic (exact) mass is 309 g/mol. The molecule has 0 amide bonds. The molecule has 0 aliphatic heterocycles. The minimum absolute atomic E-state index is 0.0437. The summed E-state index contributed by atoms with van der Waals surface area (Å²) in [6.07, 6.45) is 0. The Morgan fingerprint density at radius 3 is 2.56 bits per heavy atom. The van der Waals surface area contributed by atoms with Crippen molar-refractivity contribution < 1.29 is 9.15 Å². The zero-order chi connectivity index (χ0) is 13.1. The van der Waals surface area contributed by atoms with E-state index in [-0.39, 0.29) is 6.04 Å². The van der Waals surface area contributed by atoms with Crippen LogP contribution < -0.4 is 10.1 Å². The van der Waals surface area contributed by atoms with Gasteiger partial charge in [-0.15, -0.1) is 0 Å². The SMILES string of the molecule is CNC(c1ccc(Br)o1)c1ccc(OC)cc1C. The molecule has 2 aromatic rings. The van der Waals surface area contributed by atoms with Crippen LogP contribution in [0.2, 0.25) is 0 Å². The van der Waals surface area contributed by atoms with Crippen molar-refractivity contribution in [1.29, 1.82) is 0 Å². The molecule has 1 aromatic heterocycles. The molecule has 0 aliphatic rings. The normalized spacial score (nSPS) is 12.4. The van der Waals surface area contributed by atoms with Crippen molar-refractivity contribution >= 4 is 15.9 Å². The highest BCUT2D eigenvalue weighted by Gasteiger charge is 2.17. The first-order chi connectivity index (χ1) is 8.65. The molecule has 1 N–H and O–H groups in total. The summed E-state index contributed by atoms with van der Waals surface area (Å²) in [6.45, 7) is 2.07. The minimum atomic E-state index is 0.0437. The molecule has 0 bridgehead atoms. The summed E-state index contributed by atoms with van der Waals surface area (Å²) in [7, 11) is 3.60. The number of halogens is 1. The van der Waals surface area contributed by atoms with Crippen molar-refractivity contribution in [1.82, 2.24) is 5.32 Å². The molecule has 18 heavy (non-hydrogen) atoms. The summed E-state index contributed by atoms with van der Waals surface area (Å²) >= 11 is 3.33. The first kappa shape index (κ1) is 13.2. The highest BCUT2D eigenvalue weighted by Crippen LogP contribution is 2.29. The van der Waals surface area contributed by atoms with Crippen molar-refractivity contribution in [2.75, 3.05) is 14.2 Å². The number of nitrogens with one attached hydrogen (secondary N) is 1. The first-order valence-electron chi connectivity index (χ1n) is 5.72. The van der Waals surface area contributed by atoms with E-state index in [0.29, 0.717) is 0 Å².